The lowest BCUT2D eigenvalue weighted by Crippen LogP contribution is -2.46. The smallest absolute Gasteiger partial charge is 0.324 e. The van der Waals surface area contributed by atoms with Gasteiger partial charge in [-0.15, -0.1) is 0 Å². The number of ether oxygens (including phenoxy) is 1. The number of carbonyl (C=O) groups is 2. The molecular weight excluding hydrogens is 550 g/mol. The summed E-state index contributed by atoms with van der Waals surface area (Å²) in [4.78, 5) is 25.0. The summed E-state index contributed by atoms with van der Waals surface area (Å²) in [6, 6.07) is 26.8. The van der Waals surface area contributed by atoms with Crippen LogP contribution in [0.5, 0.6) is 0 Å². The minimum Gasteiger partial charge on any atom is -0.462 e. The highest BCUT2D eigenvalue weighted by atomic mass is 32.2. The number of hydrogen-bond acceptors (Lipinski definition) is 5. The van der Waals surface area contributed by atoms with E-state index in [1.54, 1.807) is 60.7 Å². The molecule has 0 bridgehead atoms. The monoisotopic (exact) mass is 578 g/mol. The topological polar surface area (TPSA) is 102 Å². The largest absolute Gasteiger partial charge is 0.462 e. The van der Waals surface area contributed by atoms with Crippen molar-refractivity contribution in [1.82, 2.24) is 10.0 Å². The molecule has 10 heteroatoms. The van der Waals surface area contributed by atoms with E-state index in [9.17, 15) is 26.8 Å². The lowest BCUT2D eigenvalue weighted by atomic mass is 10.1. The number of rotatable bonds is 12. The van der Waals surface area contributed by atoms with Crippen molar-refractivity contribution in [2.45, 2.75) is 29.8 Å². The van der Waals surface area contributed by atoms with E-state index in [4.69, 9.17) is 4.74 Å². The van der Waals surface area contributed by atoms with Crippen LogP contribution in [0.15, 0.2) is 114 Å². The van der Waals surface area contributed by atoms with Gasteiger partial charge in [-0.3, -0.25) is 9.59 Å². The Morgan fingerprint density at radius 3 is 1.78 bits per heavy atom. The maximum atomic E-state index is 14.3. The maximum absolute atomic E-state index is 14.3. The third kappa shape index (κ3) is 8.29. The Kier molecular flexibility index (Phi) is 9.94. The van der Waals surface area contributed by atoms with E-state index in [1.165, 1.54) is 0 Å². The zero-order valence-corrected chi connectivity index (χ0v) is 22.7. The van der Waals surface area contributed by atoms with Gasteiger partial charge in [-0.2, -0.15) is 4.72 Å². The summed E-state index contributed by atoms with van der Waals surface area (Å²) < 4.78 is 62.3. The van der Waals surface area contributed by atoms with Crippen molar-refractivity contribution in [1.29, 1.82) is 0 Å². The third-order valence-corrected chi connectivity index (χ3v) is 7.70. The summed E-state index contributed by atoms with van der Waals surface area (Å²) in [5.74, 6) is -3.94. The van der Waals surface area contributed by atoms with Crippen molar-refractivity contribution >= 4 is 21.9 Å². The first kappa shape index (κ1) is 29.6. The highest BCUT2D eigenvalue weighted by molar-refractivity contribution is 7.89. The van der Waals surface area contributed by atoms with Crippen LogP contribution in [0.25, 0.3) is 0 Å². The Morgan fingerprint density at radius 2 is 1.22 bits per heavy atom. The average molecular weight is 579 g/mol. The van der Waals surface area contributed by atoms with Crippen LogP contribution in [0.1, 0.15) is 21.5 Å². The van der Waals surface area contributed by atoms with Gasteiger partial charge in [0.15, 0.2) is 4.90 Å². The number of esters is 1. The zero-order chi connectivity index (χ0) is 29.2. The molecule has 0 aliphatic rings. The molecule has 0 saturated heterocycles. The highest BCUT2D eigenvalue weighted by Crippen LogP contribution is 2.19. The van der Waals surface area contributed by atoms with Crippen molar-refractivity contribution in [2.75, 3.05) is 6.61 Å². The van der Waals surface area contributed by atoms with Crippen LogP contribution < -0.4 is 10.0 Å². The molecular formula is C31H28F2N2O5S. The van der Waals surface area contributed by atoms with Gasteiger partial charge in [0.2, 0.25) is 10.0 Å². The molecule has 4 rings (SSSR count). The molecule has 0 spiro atoms. The molecule has 2 atom stereocenters. The second-order valence-corrected chi connectivity index (χ2v) is 10.9. The standard InChI is InChI=1S/C31H28F2N2O5S/c32-26-17-10-18-27(33)29(26)41(38,39)35-28(20-23-13-6-2-7-14-23)31(37)40-21-25(19-22-11-4-1-5-12-22)34-30(36)24-15-8-3-9-16-24/h1-18,25,28,35H,19-21H2,(H,34,36). The van der Waals surface area contributed by atoms with Crippen molar-refractivity contribution in [2.24, 2.45) is 0 Å². The van der Waals surface area contributed by atoms with Gasteiger partial charge in [0, 0.05) is 5.56 Å². The van der Waals surface area contributed by atoms with Gasteiger partial charge in [0.05, 0.1) is 6.04 Å². The van der Waals surface area contributed by atoms with Crippen LogP contribution in [0.4, 0.5) is 8.78 Å². The molecule has 0 aliphatic heterocycles. The molecule has 7 nitrogen and oxygen atoms in total. The minimum absolute atomic E-state index is 0.144. The fourth-order valence-electron chi connectivity index (χ4n) is 4.20. The quantitative estimate of drug-likeness (QED) is 0.242. The molecule has 2 unspecified atom stereocenters. The number of sulfonamides is 1. The van der Waals surface area contributed by atoms with Gasteiger partial charge < -0.3 is 10.1 Å². The van der Waals surface area contributed by atoms with Crippen molar-refractivity contribution in [3.05, 3.63) is 138 Å². The first-order valence-corrected chi connectivity index (χ1v) is 14.3. The number of carbonyl (C=O) groups excluding carboxylic acids is 2. The van der Waals surface area contributed by atoms with E-state index in [0.29, 0.717) is 17.5 Å². The van der Waals surface area contributed by atoms with Crippen molar-refractivity contribution in [3.63, 3.8) is 0 Å². The summed E-state index contributed by atoms with van der Waals surface area (Å²) in [7, 11) is -4.80. The molecule has 4 aromatic carbocycles. The highest BCUT2D eigenvalue weighted by Gasteiger charge is 2.32. The van der Waals surface area contributed by atoms with Crippen LogP contribution in [0.2, 0.25) is 0 Å². The Morgan fingerprint density at radius 1 is 0.707 bits per heavy atom. The second kappa shape index (κ2) is 13.8. The summed E-state index contributed by atoms with van der Waals surface area (Å²) in [5, 5.41) is 2.86. The molecule has 41 heavy (non-hydrogen) atoms. The molecule has 0 fully saturated rings. The lowest BCUT2D eigenvalue weighted by Gasteiger charge is -2.22. The number of nitrogens with one attached hydrogen (secondary N) is 2. The molecule has 0 saturated carbocycles. The van der Waals surface area contributed by atoms with Crippen molar-refractivity contribution < 1.29 is 31.5 Å². The number of amides is 1. The van der Waals surface area contributed by atoms with E-state index in [1.807, 2.05) is 30.3 Å². The number of hydrogen-bond donors (Lipinski definition) is 2. The van der Waals surface area contributed by atoms with Crippen LogP contribution in [0.3, 0.4) is 0 Å². The van der Waals surface area contributed by atoms with Gasteiger partial charge in [0.25, 0.3) is 5.91 Å². The van der Waals surface area contributed by atoms with Crippen LogP contribution in [-0.2, 0) is 32.4 Å². The predicted molar refractivity (Wildman–Crippen MR) is 149 cm³/mol. The normalized spacial score (nSPS) is 12.7. The lowest BCUT2D eigenvalue weighted by molar-refractivity contribution is -0.146. The summed E-state index contributed by atoms with van der Waals surface area (Å²) in [6.45, 7) is -0.284. The first-order valence-electron chi connectivity index (χ1n) is 12.8. The van der Waals surface area contributed by atoms with Crippen LogP contribution in [-0.4, -0.2) is 39.0 Å². The van der Waals surface area contributed by atoms with E-state index in [-0.39, 0.29) is 18.9 Å². The molecule has 0 aliphatic carbocycles. The van der Waals surface area contributed by atoms with E-state index in [2.05, 4.69) is 10.0 Å². The SMILES string of the molecule is O=C(NC(COC(=O)C(Cc1ccccc1)NS(=O)(=O)c1c(F)cccc1F)Cc1ccccc1)c1ccccc1. The van der Waals surface area contributed by atoms with Gasteiger partial charge in [-0.25, -0.2) is 17.2 Å². The Bertz CT molecular complexity index is 1550. The molecule has 1 amide bonds. The summed E-state index contributed by atoms with van der Waals surface area (Å²) in [6.07, 6.45) is 0.177. The number of halogens is 2. The minimum atomic E-state index is -4.80. The van der Waals surface area contributed by atoms with Crippen LogP contribution >= 0.6 is 0 Å². The second-order valence-electron chi connectivity index (χ2n) is 9.27. The fraction of sp³-hybridized carbons (Fsp3) is 0.161. The maximum Gasteiger partial charge on any atom is 0.324 e. The van der Waals surface area contributed by atoms with E-state index < -0.39 is 44.6 Å². The number of benzene rings is 4. The molecule has 4 aromatic rings. The van der Waals surface area contributed by atoms with E-state index in [0.717, 1.165) is 23.8 Å². The van der Waals surface area contributed by atoms with Gasteiger partial charge in [0.1, 0.15) is 24.3 Å². The fourth-order valence-corrected chi connectivity index (χ4v) is 5.52. The zero-order valence-electron chi connectivity index (χ0n) is 21.9. The molecule has 2 N–H and O–H groups in total. The average Bonchev–Trinajstić information content (AvgIpc) is 2.96. The molecule has 0 radical (unpaired) electrons. The third-order valence-electron chi connectivity index (χ3n) is 6.18. The molecule has 212 valence electrons. The van der Waals surface area contributed by atoms with E-state index >= 15 is 0 Å². The van der Waals surface area contributed by atoms with Gasteiger partial charge in [-0.1, -0.05) is 84.9 Å². The predicted octanol–water partition coefficient (Wildman–Crippen LogP) is 4.44. The Labute approximate surface area is 237 Å². The first-order chi connectivity index (χ1) is 19.7. The summed E-state index contributed by atoms with van der Waals surface area (Å²) >= 11 is 0. The van der Waals surface area contributed by atoms with Crippen LogP contribution in [0, 0.1) is 11.6 Å². The molecule has 0 heterocycles. The Balaban J connectivity index is 1.54. The molecule has 0 aromatic heterocycles. The summed E-state index contributed by atoms with van der Waals surface area (Å²) in [5.41, 5.74) is 1.88. The Hall–Kier alpha value is -4.41. The van der Waals surface area contributed by atoms with Crippen molar-refractivity contribution in [3.8, 4) is 0 Å². The van der Waals surface area contributed by atoms with Gasteiger partial charge in [-0.05, 0) is 48.2 Å². The van der Waals surface area contributed by atoms with Gasteiger partial charge >= 0.3 is 5.97 Å².